The first-order valence-electron chi connectivity index (χ1n) is 9.66. The van der Waals surface area contributed by atoms with Gasteiger partial charge in [-0.3, -0.25) is 4.79 Å². The summed E-state index contributed by atoms with van der Waals surface area (Å²) in [7, 11) is -3.66. The van der Waals surface area contributed by atoms with Gasteiger partial charge < -0.3 is 5.32 Å². The Bertz CT molecular complexity index is 1150. The van der Waals surface area contributed by atoms with Crippen molar-refractivity contribution in [2.75, 3.05) is 5.32 Å². The molecular weight excluding hydrogens is 455 g/mol. The molecule has 3 aromatic carbocycles. The largest absolute Gasteiger partial charge is 0.325 e. The van der Waals surface area contributed by atoms with Crippen LogP contribution in [0.25, 0.3) is 0 Å². The van der Waals surface area contributed by atoms with Crippen LogP contribution < -0.4 is 10.0 Å². The van der Waals surface area contributed by atoms with Gasteiger partial charge in [-0.25, -0.2) is 13.1 Å². The average Bonchev–Trinajstić information content (AvgIpc) is 2.76. The average molecular weight is 477 g/mol. The van der Waals surface area contributed by atoms with Crippen molar-refractivity contribution in [3.63, 3.8) is 0 Å². The minimum Gasteiger partial charge on any atom is -0.325 e. The lowest BCUT2D eigenvalue weighted by molar-refractivity contribution is -0.116. The normalized spacial score (nSPS) is 12.4. The third-order valence-corrected chi connectivity index (χ3v) is 7.11. The SMILES string of the molecule is C[C@@H](NS(=O)(=O)c1ccc(CCC(=O)Nc2cccc(Cl)c2Cl)cc1)c1ccccc1. The summed E-state index contributed by atoms with van der Waals surface area (Å²) in [6.07, 6.45) is 0.677. The lowest BCUT2D eigenvalue weighted by atomic mass is 10.1. The number of nitrogens with one attached hydrogen (secondary N) is 2. The van der Waals surface area contributed by atoms with Gasteiger partial charge >= 0.3 is 0 Å². The minimum atomic E-state index is -3.66. The molecule has 0 spiro atoms. The lowest BCUT2D eigenvalue weighted by Crippen LogP contribution is -2.26. The van der Waals surface area contributed by atoms with E-state index in [0.717, 1.165) is 11.1 Å². The highest BCUT2D eigenvalue weighted by Gasteiger charge is 2.18. The Morgan fingerprint density at radius 3 is 2.29 bits per heavy atom. The summed E-state index contributed by atoms with van der Waals surface area (Å²) >= 11 is 12.0. The molecule has 1 atom stereocenters. The first-order valence-corrected chi connectivity index (χ1v) is 11.9. The lowest BCUT2D eigenvalue weighted by Gasteiger charge is -2.15. The van der Waals surface area contributed by atoms with Gasteiger partial charge in [0.05, 0.1) is 20.6 Å². The van der Waals surface area contributed by atoms with E-state index in [2.05, 4.69) is 10.0 Å². The molecule has 0 unspecified atom stereocenters. The molecule has 5 nitrogen and oxygen atoms in total. The number of halogens is 2. The Hall–Kier alpha value is -2.38. The van der Waals surface area contributed by atoms with E-state index in [1.165, 1.54) is 0 Å². The minimum absolute atomic E-state index is 0.175. The van der Waals surface area contributed by atoms with Crippen LogP contribution in [-0.2, 0) is 21.2 Å². The van der Waals surface area contributed by atoms with Crippen molar-refractivity contribution < 1.29 is 13.2 Å². The molecule has 0 aliphatic rings. The molecule has 0 saturated heterocycles. The van der Waals surface area contributed by atoms with E-state index in [4.69, 9.17) is 23.2 Å². The highest BCUT2D eigenvalue weighted by atomic mass is 35.5. The van der Waals surface area contributed by atoms with E-state index in [0.29, 0.717) is 22.2 Å². The first-order chi connectivity index (χ1) is 14.8. The number of aryl methyl sites for hydroxylation is 1. The van der Waals surface area contributed by atoms with Gasteiger partial charge in [-0.1, -0.05) is 71.7 Å². The van der Waals surface area contributed by atoms with Crippen molar-refractivity contribution in [3.8, 4) is 0 Å². The van der Waals surface area contributed by atoms with Gasteiger partial charge in [0, 0.05) is 12.5 Å². The van der Waals surface area contributed by atoms with E-state index in [1.807, 2.05) is 30.3 Å². The number of carbonyl (C=O) groups is 1. The van der Waals surface area contributed by atoms with Crippen molar-refractivity contribution in [3.05, 3.63) is 94.0 Å². The van der Waals surface area contributed by atoms with Crippen LogP contribution in [0.1, 0.15) is 30.5 Å². The first kappa shape index (κ1) is 23.3. The summed E-state index contributed by atoms with van der Waals surface area (Å²) in [6, 6.07) is 20.5. The topological polar surface area (TPSA) is 75.3 Å². The number of hydrogen-bond acceptors (Lipinski definition) is 3. The van der Waals surface area contributed by atoms with E-state index < -0.39 is 10.0 Å². The maximum Gasteiger partial charge on any atom is 0.241 e. The van der Waals surface area contributed by atoms with Crippen LogP contribution in [0.3, 0.4) is 0 Å². The maximum absolute atomic E-state index is 12.7. The number of benzene rings is 3. The molecule has 0 bridgehead atoms. The second kappa shape index (κ2) is 10.3. The summed E-state index contributed by atoms with van der Waals surface area (Å²) in [5.41, 5.74) is 2.19. The molecule has 0 radical (unpaired) electrons. The fourth-order valence-corrected chi connectivity index (χ4v) is 4.60. The standard InChI is InChI=1S/C23H22Cl2N2O3S/c1-16(18-6-3-2-4-7-18)27-31(29,30)19-13-10-17(11-14-19)12-15-22(28)26-21-9-5-8-20(24)23(21)25/h2-11,13-14,16,27H,12,15H2,1H3,(H,26,28)/t16-/m1/s1. The maximum atomic E-state index is 12.7. The van der Waals surface area contributed by atoms with Crippen molar-refractivity contribution in [2.24, 2.45) is 0 Å². The highest BCUT2D eigenvalue weighted by molar-refractivity contribution is 7.89. The van der Waals surface area contributed by atoms with Crippen LogP contribution in [0.4, 0.5) is 5.69 Å². The summed E-state index contributed by atoms with van der Waals surface area (Å²) in [5.74, 6) is -0.209. The summed E-state index contributed by atoms with van der Waals surface area (Å²) in [6.45, 7) is 1.80. The Kier molecular flexibility index (Phi) is 7.73. The molecular formula is C23H22Cl2N2O3S. The van der Waals surface area contributed by atoms with Crippen molar-refractivity contribution in [1.82, 2.24) is 4.72 Å². The van der Waals surface area contributed by atoms with Gasteiger partial charge in [-0.2, -0.15) is 0 Å². The summed E-state index contributed by atoms with van der Waals surface area (Å²) in [5, 5.41) is 3.40. The van der Waals surface area contributed by atoms with Gasteiger partial charge in [0.2, 0.25) is 15.9 Å². The second-order valence-electron chi connectivity index (χ2n) is 7.05. The number of sulfonamides is 1. The molecule has 0 heterocycles. The summed E-state index contributed by atoms with van der Waals surface area (Å²) in [4.78, 5) is 12.4. The molecule has 2 N–H and O–H groups in total. The fraction of sp³-hybridized carbons (Fsp3) is 0.174. The quantitative estimate of drug-likeness (QED) is 0.443. The zero-order chi connectivity index (χ0) is 22.4. The molecule has 0 aliphatic carbocycles. The van der Waals surface area contributed by atoms with Crippen molar-refractivity contribution in [1.29, 1.82) is 0 Å². The van der Waals surface area contributed by atoms with Crippen LogP contribution in [0.5, 0.6) is 0 Å². The molecule has 0 fully saturated rings. The van der Waals surface area contributed by atoms with Crippen molar-refractivity contribution >= 4 is 44.8 Å². The highest BCUT2D eigenvalue weighted by Crippen LogP contribution is 2.29. The molecule has 1 amide bonds. The van der Waals surface area contributed by atoms with Gasteiger partial charge in [0.25, 0.3) is 0 Å². The number of amides is 1. The van der Waals surface area contributed by atoms with Crippen molar-refractivity contribution in [2.45, 2.75) is 30.7 Å². The Morgan fingerprint density at radius 1 is 0.935 bits per heavy atom. The Balaban J connectivity index is 1.58. The van der Waals surface area contributed by atoms with Crippen LogP contribution in [0, 0.1) is 0 Å². The summed E-state index contributed by atoms with van der Waals surface area (Å²) < 4.78 is 28.0. The zero-order valence-corrected chi connectivity index (χ0v) is 19.1. The van der Waals surface area contributed by atoms with E-state index in [9.17, 15) is 13.2 Å². The van der Waals surface area contributed by atoms with Crippen LogP contribution in [-0.4, -0.2) is 14.3 Å². The zero-order valence-electron chi connectivity index (χ0n) is 16.8. The smallest absolute Gasteiger partial charge is 0.241 e. The predicted molar refractivity (Wildman–Crippen MR) is 125 cm³/mol. The van der Waals surface area contributed by atoms with Crippen LogP contribution in [0.15, 0.2) is 77.7 Å². The molecule has 0 saturated carbocycles. The molecule has 31 heavy (non-hydrogen) atoms. The van der Waals surface area contributed by atoms with E-state index in [1.54, 1.807) is 49.4 Å². The molecule has 8 heteroatoms. The Morgan fingerprint density at radius 2 is 1.61 bits per heavy atom. The molecule has 3 rings (SSSR count). The van der Waals surface area contributed by atoms with E-state index in [-0.39, 0.29) is 23.3 Å². The van der Waals surface area contributed by atoms with Gasteiger partial charge in [0.15, 0.2) is 0 Å². The third-order valence-electron chi connectivity index (χ3n) is 4.73. The monoisotopic (exact) mass is 476 g/mol. The number of rotatable bonds is 8. The van der Waals surface area contributed by atoms with Crippen LogP contribution in [0.2, 0.25) is 10.0 Å². The second-order valence-corrected chi connectivity index (χ2v) is 9.55. The molecule has 3 aromatic rings. The van der Waals surface area contributed by atoms with E-state index >= 15 is 0 Å². The number of anilines is 1. The Labute approximate surface area is 192 Å². The molecule has 162 valence electrons. The fourth-order valence-electron chi connectivity index (χ4n) is 3.02. The predicted octanol–water partition coefficient (Wildman–Crippen LogP) is 5.60. The number of hydrogen-bond donors (Lipinski definition) is 2. The molecule has 0 aliphatic heterocycles. The van der Waals surface area contributed by atoms with Gasteiger partial charge in [-0.05, 0) is 48.7 Å². The number of carbonyl (C=O) groups excluding carboxylic acids is 1. The van der Waals surface area contributed by atoms with Crippen LogP contribution >= 0.6 is 23.2 Å². The third kappa shape index (κ3) is 6.31. The van der Waals surface area contributed by atoms with Gasteiger partial charge in [-0.15, -0.1) is 0 Å². The van der Waals surface area contributed by atoms with Gasteiger partial charge in [0.1, 0.15) is 0 Å². The molecule has 0 aromatic heterocycles.